The smallest absolute Gasteiger partial charge is 0.135 e. The second-order valence-electron chi connectivity index (χ2n) is 15.0. The Hall–Kier alpha value is -7.04. The molecule has 0 aliphatic rings. The Kier molecular flexibility index (Phi) is 10.8. The van der Waals surface area contributed by atoms with Gasteiger partial charge in [-0.2, -0.15) is 0 Å². The first kappa shape index (κ1) is 37.9. The lowest BCUT2D eigenvalue weighted by Gasteiger charge is -2.28. The molecule has 0 saturated carbocycles. The average Bonchev–Trinajstić information content (AvgIpc) is 3.25. The summed E-state index contributed by atoms with van der Waals surface area (Å²) in [6, 6.07) is 61.1. The Balaban J connectivity index is 1.66. The molecule has 0 amide bonds. The van der Waals surface area contributed by atoms with Crippen LogP contribution in [0.4, 0.5) is 0 Å². The van der Waals surface area contributed by atoms with E-state index in [2.05, 4.69) is 137 Å². The first-order chi connectivity index (χ1) is 28.3. The van der Waals surface area contributed by atoms with E-state index in [0.29, 0.717) is 0 Å². The molecular weight excluding hydrogens is 713 g/mol. The second-order valence-corrected chi connectivity index (χ2v) is 15.0. The monoisotopic (exact) mass is 758 g/mol. The van der Waals surface area contributed by atoms with Crippen LogP contribution >= 0.6 is 0 Å². The maximum Gasteiger partial charge on any atom is 0.135 e. The summed E-state index contributed by atoms with van der Waals surface area (Å²) in [4.78, 5) is 0. The van der Waals surface area contributed by atoms with Crippen LogP contribution in [0.15, 0.2) is 182 Å². The molecule has 0 unspecified atom stereocenters. The molecule has 286 valence electrons. The molecule has 0 aliphatic carbocycles. The summed E-state index contributed by atoms with van der Waals surface area (Å²) in [5.41, 5.74) is 13.5. The van der Waals surface area contributed by atoms with Gasteiger partial charge < -0.3 is 19.7 Å². The maximum atomic E-state index is 10.6. The third kappa shape index (κ3) is 7.70. The van der Waals surface area contributed by atoms with Crippen LogP contribution in [0.5, 0.6) is 23.0 Å². The number of phenolic OH excluding ortho intramolecular Hbond substituents is 2. The predicted octanol–water partition coefficient (Wildman–Crippen LogP) is 14.3. The second kappa shape index (κ2) is 16.6. The van der Waals surface area contributed by atoms with Crippen LogP contribution in [-0.2, 0) is 0 Å². The van der Waals surface area contributed by atoms with E-state index in [1.165, 1.54) is 0 Å². The van der Waals surface area contributed by atoms with Gasteiger partial charge in [0.2, 0.25) is 0 Å². The van der Waals surface area contributed by atoms with Crippen molar-refractivity contribution in [2.24, 2.45) is 0 Å². The van der Waals surface area contributed by atoms with Crippen molar-refractivity contribution in [2.75, 3.05) is 0 Å². The molecule has 0 heterocycles. The minimum atomic E-state index is -0.127. The van der Waals surface area contributed by atoms with Crippen LogP contribution in [-0.4, -0.2) is 22.4 Å². The van der Waals surface area contributed by atoms with Crippen LogP contribution in [0.2, 0.25) is 0 Å². The third-order valence-corrected chi connectivity index (χ3v) is 10.2. The molecule has 0 fully saturated rings. The van der Waals surface area contributed by atoms with E-state index in [0.717, 1.165) is 89.4 Å². The van der Waals surface area contributed by atoms with Crippen molar-refractivity contribution >= 4 is 0 Å². The SMILES string of the molecule is CC(C)Oc1c(-c2ccccc2)cc(-c2cc(-c3ccccc3)c(OC(C)C)c(-c3ccccc3)c2-c2ccc(O)cc2)c(-c2ccc(O)cc2)c1-c1ccccc1. The number of aromatic hydroxyl groups is 2. The Bertz CT molecular complexity index is 2450. The zero-order valence-electron chi connectivity index (χ0n) is 33.2. The van der Waals surface area contributed by atoms with Crippen LogP contribution in [0.3, 0.4) is 0 Å². The Morgan fingerprint density at radius 3 is 0.879 bits per heavy atom. The normalized spacial score (nSPS) is 11.2. The van der Waals surface area contributed by atoms with E-state index in [4.69, 9.17) is 9.47 Å². The highest BCUT2D eigenvalue weighted by Gasteiger charge is 2.30. The molecule has 4 heteroatoms. The zero-order chi connectivity index (χ0) is 40.2. The van der Waals surface area contributed by atoms with Crippen molar-refractivity contribution < 1.29 is 19.7 Å². The van der Waals surface area contributed by atoms with Crippen molar-refractivity contribution in [3.8, 4) is 101 Å². The summed E-state index contributed by atoms with van der Waals surface area (Å²) in [6.07, 6.45) is -0.254. The van der Waals surface area contributed by atoms with Crippen molar-refractivity contribution in [2.45, 2.75) is 39.9 Å². The van der Waals surface area contributed by atoms with Gasteiger partial charge in [0.15, 0.2) is 0 Å². The Labute approximate surface area is 341 Å². The van der Waals surface area contributed by atoms with Gasteiger partial charge in [0, 0.05) is 33.4 Å². The topological polar surface area (TPSA) is 58.9 Å². The number of rotatable bonds is 11. The Morgan fingerprint density at radius 2 is 0.586 bits per heavy atom. The molecule has 4 nitrogen and oxygen atoms in total. The number of hydrogen-bond donors (Lipinski definition) is 2. The summed E-state index contributed by atoms with van der Waals surface area (Å²) in [6.45, 7) is 8.25. The Morgan fingerprint density at radius 1 is 0.310 bits per heavy atom. The molecule has 0 spiro atoms. The predicted molar refractivity (Wildman–Crippen MR) is 239 cm³/mol. The molecule has 8 aromatic rings. The van der Waals surface area contributed by atoms with Gasteiger partial charge in [0.05, 0.1) is 12.2 Å². The molecule has 0 saturated heterocycles. The summed E-state index contributed by atoms with van der Waals surface area (Å²) in [5.74, 6) is 1.92. The molecule has 0 bridgehead atoms. The van der Waals surface area contributed by atoms with Gasteiger partial charge in [0.1, 0.15) is 23.0 Å². The van der Waals surface area contributed by atoms with E-state index in [1.807, 2.05) is 48.5 Å². The van der Waals surface area contributed by atoms with Gasteiger partial charge in [-0.3, -0.25) is 0 Å². The quantitative estimate of drug-likeness (QED) is 0.138. The molecular formula is C54H46O4. The lowest BCUT2D eigenvalue weighted by atomic mass is 9.78. The summed E-state index contributed by atoms with van der Waals surface area (Å²) < 4.78 is 13.9. The molecule has 0 aliphatic heterocycles. The first-order valence-corrected chi connectivity index (χ1v) is 19.8. The van der Waals surface area contributed by atoms with Gasteiger partial charge in [-0.05, 0) is 109 Å². The number of hydrogen-bond acceptors (Lipinski definition) is 4. The van der Waals surface area contributed by atoms with Crippen LogP contribution < -0.4 is 9.47 Å². The number of phenols is 2. The summed E-state index contributed by atoms with van der Waals surface area (Å²) in [5, 5.41) is 21.3. The van der Waals surface area contributed by atoms with Gasteiger partial charge >= 0.3 is 0 Å². The number of benzene rings is 8. The molecule has 2 N–H and O–H groups in total. The van der Waals surface area contributed by atoms with Gasteiger partial charge in [-0.15, -0.1) is 0 Å². The fourth-order valence-electron chi connectivity index (χ4n) is 7.75. The van der Waals surface area contributed by atoms with E-state index in [-0.39, 0.29) is 23.7 Å². The fourth-order valence-corrected chi connectivity index (χ4v) is 7.75. The molecule has 0 aromatic heterocycles. The van der Waals surface area contributed by atoms with E-state index in [9.17, 15) is 10.2 Å². The highest BCUT2D eigenvalue weighted by Crippen LogP contribution is 2.56. The minimum Gasteiger partial charge on any atom is -0.508 e. The molecule has 0 atom stereocenters. The van der Waals surface area contributed by atoms with Crippen LogP contribution in [0.1, 0.15) is 27.7 Å². The summed E-state index contributed by atoms with van der Waals surface area (Å²) >= 11 is 0. The standard InChI is InChI=1S/C54H46O4/c1-35(2)57-53-45(37-17-9-5-10-18-37)33-47(49(41-25-29-43(55)30-26-41)51(53)39-21-13-7-14-22-39)48-34-46(38-19-11-6-12-20-38)54(58-36(3)4)52(40-23-15-8-16-24-40)50(48)42-27-31-44(56)32-28-42/h5-36,55-56H,1-4H3. The number of ether oxygens (including phenoxy) is 2. The van der Waals surface area contributed by atoms with Crippen molar-refractivity contribution in [1.29, 1.82) is 0 Å². The highest BCUT2D eigenvalue weighted by molar-refractivity contribution is 6.09. The van der Waals surface area contributed by atoms with Crippen LogP contribution in [0.25, 0.3) is 77.9 Å². The van der Waals surface area contributed by atoms with Crippen LogP contribution in [0, 0.1) is 0 Å². The molecule has 0 radical (unpaired) electrons. The molecule has 58 heavy (non-hydrogen) atoms. The maximum absolute atomic E-state index is 10.6. The molecule has 8 aromatic carbocycles. The van der Waals surface area contributed by atoms with Gasteiger partial charge in [-0.1, -0.05) is 146 Å². The largest absolute Gasteiger partial charge is 0.508 e. The van der Waals surface area contributed by atoms with Crippen molar-refractivity contribution in [3.63, 3.8) is 0 Å². The lowest BCUT2D eigenvalue weighted by Crippen LogP contribution is -2.10. The van der Waals surface area contributed by atoms with E-state index < -0.39 is 0 Å². The summed E-state index contributed by atoms with van der Waals surface area (Å²) in [7, 11) is 0. The van der Waals surface area contributed by atoms with E-state index in [1.54, 1.807) is 24.3 Å². The third-order valence-electron chi connectivity index (χ3n) is 10.2. The highest BCUT2D eigenvalue weighted by atomic mass is 16.5. The molecule has 8 rings (SSSR count). The van der Waals surface area contributed by atoms with Crippen molar-refractivity contribution in [1.82, 2.24) is 0 Å². The minimum absolute atomic E-state index is 0.127. The van der Waals surface area contributed by atoms with Crippen molar-refractivity contribution in [3.05, 3.63) is 182 Å². The first-order valence-electron chi connectivity index (χ1n) is 19.8. The van der Waals surface area contributed by atoms with E-state index >= 15 is 0 Å². The fraction of sp³-hybridized carbons (Fsp3) is 0.111. The average molecular weight is 759 g/mol. The zero-order valence-corrected chi connectivity index (χ0v) is 33.2. The lowest BCUT2D eigenvalue weighted by molar-refractivity contribution is 0.244. The van der Waals surface area contributed by atoms with Gasteiger partial charge in [-0.25, -0.2) is 0 Å². The van der Waals surface area contributed by atoms with Gasteiger partial charge in [0.25, 0.3) is 0 Å².